The molecule has 2 aliphatic rings. The van der Waals surface area contributed by atoms with Gasteiger partial charge in [0.2, 0.25) is 0 Å². The smallest absolute Gasteiger partial charge is 0.326 e. The van der Waals surface area contributed by atoms with Crippen LogP contribution >= 0.6 is 0 Å². The van der Waals surface area contributed by atoms with Crippen molar-refractivity contribution in [3.05, 3.63) is 0 Å². The van der Waals surface area contributed by atoms with Crippen LogP contribution in [0, 0.1) is 5.92 Å². The van der Waals surface area contributed by atoms with E-state index >= 15 is 0 Å². The van der Waals surface area contributed by atoms with E-state index in [1.165, 1.54) is 4.90 Å². The SMILES string of the molecule is O=C(O)C1CCCN1C(=O)N1CCCC(CCO)C1. The molecule has 0 spiro atoms. The molecule has 6 heteroatoms. The number of carbonyl (C=O) groups is 2. The van der Waals surface area contributed by atoms with Gasteiger partial charge in [-0.2, -0.15) is 0 Å². The van der Waals surface area contributed by atoms with E-state index in [-0.39, 0.29) is 12.6 Å². The molecule has 2 N–H and O–H groups in total. The van der Waals surface area contributed by atoms with Crippen molar-refractivity contribution < 1.29 is 19.8 Å². The second-order valence-corrected chi connectivity index (χ2v) is 5.44. The van der Waals surface area contributed by atoms with E-state index in [2.05, 4.69) is 0 Å². The Labute approximate surface area is 113 Å². The van der Waals surface area contributed by atoms with Crippen LogP contribution in [0.4, 0.5) is 4.79 Å². The molecule has 0 aromatic heterocycles. The van der Waals surface area contributed by atoms with Crippen LogP contribution in [-0.4, -0.2) is 64.3 Å². The van der Waals surface area contributed by atoms with Crippen molar-refractivity contribution >= 4 is 12.0 Å². The number of carboxylic acids is 1. The molecule has 2 rings (SSSR count). The molecule has 0 saturated carbocycles. The molecule has 2 unspecified atom stereocenters. The van der Waals surface area contributed by atoms with Crippen molar-refractivity contribution in [3.8, 4) is 0 Å². The van der Waals surface area contributed by atoms with Crippen LogP contribution in [-0.2, 0) is 4.79 Å². The highest BCUT2D eigenvalue weighted by molar-refractivity contribution is 5.83. The Morgan fingerprint density at radius 1 is 1.16 bits per heavy atom. The Morgan fingerprint density at radius 2 is 1.89 bits per heavy atom. The molecule has 108 valence electrons. The second kappa shape index (κ2) is 6.23. The maximum absolute atomic E-state index is 12.4. The molecule has 2 saturated heterocycles. The maximum atomic E-state index is 12.4. The first-order valence-corrected chi connectivity index (χ1v) is 7.02. The number of urea groups is 1. The number of aliphatic hydroxyl groups is 1. The van der Waals surface area contributed by atoms with E-state index in [1.807, 2.05) is 0 Å². The number of aliphatic hydroxyl groups excluding tert-OH is 1. The Bertz CT molecular complexity index is 346. The van der Waals surface area contributed by atoms with Crippen molar-refractivity contribution in [1.82, 2.24) is 9.80 Å². The van der Waals surface area contributed by atoms with E-state index < -0.39 is 12.0 Å². The molecule has 2 aliphatic heterocycles. The summed E-state index contributed by atoms with van der Waals surface area (Å²) in [6, 6.07) is -0.807. The molecule has 2 fully saturated rings. The van der Waals surface area contributed by atoms with Gasteiger partial charge in [0.25, 0.3) is 0 Å². The number of nitrogens with zero attached hydrogens (tertiary/aromatic N) is 2. The number of hydrogen-bond donors (Lipinski definition) is 2. The zero-order valence-electron chi connectivity index (χ0n) is 11.1. The van der Waals surface area contributed by atoms with Gasteiger partial charge in [-0.3, -0.25) is 0 Å². The molecule has 0 aliphatic carbocycles. The zero-order valence-corrected chi connectivity index (χ0v) is 11.1. The average molecular weight is 270 g/mol. The lowest BCUT2D eigenvalue weighted by atomic mass is 9.95. The number of piperidine rings is 1. The minimum absolute atomic E-state index is 0.146. The molecule has 2 amide bonds. The summed E-state index contributed by atoms with van der Waals surface area (Å²) < 4.78 is 0. The van der Waals surface area contributed by atoms with Gasteiger partial charge in [-0.05, 0) is 38.0 Å². The van der Waals surface area contributed by atoms with E-state index in [0.29, 0.717) is 38.4 Å². The molecule has 0 aromatic rings. The third-order valence-corrected chi connectivity index (χ3v) is 4.11. The molecular weight excluding hydrogens is 248 g/mol. The van der Waals surface area contributed by atoms with Gasteiger partial charge in [-0.15, -0.1) is 0 Å². The van der Waals surface area contributed by atoms with Gasteiger partial charge >= 0.3 is 12.0 Å². The molecule has 0 bridgehead atoms. The Kier molecular flexibility index (Phi) is 4.63. The van der Waals surface area contributed by atoms with Crippen molar-refractivity contribution in [2.75, 3.05) is 26.2 Å². The second-order valence-electron chi connectivity index (χ2n) is 5.44. The minimum atomic E-state index is -0.908. The molecule has 2 heterocycles. The third-order valence-electron chi connectivity index (χ3n) is 4.11. The predicted octanol–water partition coefficient (Wildman–Crippen LogP) is 0.750. The molecule has 6 nitrogen and oxygen atoms in total. The van der Waals surface area contributed by atoms with E-state index in [0.717, 1.165) is 19.3 Å². The van der Waals surface area contributed by atoms with E-state index in [1.54, 1.807) is 4.90 Å². The molecule has 0 aromatic carbocycles. The number of hydrogen-bond acceptors (Lipinski definition) is 3. The number of rotatable bonds is 3. The lowest BCUT2D eigenvalue weighted by molar-refractivity contribution is -0.141. The lowest BCUT2D eigenvalue weighted by Crippen LogP contribution is -2.51. The first kappa shape index (κ1) is 14.1. The van der Waals surface area contributed by atoms with Gasteiger partial charge in [0.05, 0.1) is 0 Å². The first-order valence-electron chi connectivity index (χ1n) is 7.02. The highest BCUT2D eigenvalue weighted by atomic mass is 16.4. The molecular formula is C13H22N2O4. The van der Waals surface area contributed by atoms with Gasteiger partial charge in [-0.25, -0.2) is 9.59 Å². The molecule has 19 heavy (non-hydrogen) atoms. The summed E-state index contributed by atoms with van der Waals surface area (Å²) in [6.07, 6.45) is 3.99. The van der Waals surface area contributed by atoms with E-state index in [9.17, 15) is 9.59 Å². The zero-order chi connectivity index (χ0) is 13.8. The number of carboxylic acid groups (broad SMARTS) is 1. The normalized spacial score (nSPS) is 27.6. The summed E-state index contributed by atoms with van der Waals surface area (Å²) in [5.41, 5.74) is 0. The van der Waals surface area contributed by atoms with Crippen LogP contribution < -0.4 is 0 Å². The lowest BCUT2D eigenvalue weighted by Gasteiger charge is -2.36. The van der Waals surface area contributed by atoms with Gasteiger partial charge < -0.3 is 20.0 Å². The number of amides is 2. The van der Waals surface area contributed by atoms with Crippen molar-refractivity contribution in [2.24, 2.45) is 5.92 Å². The topological polar surface area (TPSA) is 81.1 Å². The van der Waals surface area contributed by atoms with Crippen LogP contribution in [0.2, 0.25) is 0 Å². The predicted molar refractivity (Wildman–Crippen MR) is 68.8 cm³/mol. The maximum Gasteiger partial charge on any atom is 0.326 e. The molecule has 2 atom stereocenters. The van der Waals surface area contributed by atoms with Crippen LogP contribution in [0.3, 0.4) is 0 Å². The van der Waals surface area contributed by atoms with Gasteiger partial charge in [0, 0.05) is 26.2 Å². The number of likely N-dealkylation sites (tertiary alicyclic amines) is 2. The van der Waals surface area contributed by atoms with Gasteiger partial charge in [0.1, 0.15) is 6.04 Å². The van der Waals surface area contributed by atoms with E-state index in [4.69, 9.17) is 10.2 Å². The summed E-state index contributed by atoms with van der Waals surface area (Å²) in [7, 11) is 0. The summed E-state index contributed by atoms with van der Waals surface area (Å²) in [4.78, 5) is 26.8. The van der Waals surface area contributed by atoms with Crippen LogP contribution in [0.15, 0.2) is 0 Å². The van der Waals surface area contributed by atoms with Crippen LogP contribution in [0.25, 0.3) is 0 Å². The fourth-order valence-corrected chi connectivity index (χ4v) is 3.09. The Morgan fingerprint density at radius 3 is 2.58 bits per heavy atom. The van der Waals surface area contributed by atoms with Gasteiger partial charge in [0.15, 0.2) is 0 Å². The number of aliphatic carboxylic acids is 1. The minimum Gasteiger partial charge on any atom is -0.480 e. The quantitative estimate of drug-likeness (QED) is 0.793. The highest BCUT2D eigenvalue weighted by Crippen LogP contribution is 2.24. The largest absolute Gasteiger partial charge is 0.480 e. The average Bonchev–Trinajstić information content (AvgIpc) is 2.88. The molecule has 0 radical (unpaired) electrons. The fraction of sp³-hybridized carbons (Fsp3) is 0.846. The summed E-state index contributed by atoms with van der Waals surface area (Å²) in [5, 5.41) is 18.1. The summed E-state index contributed by atoms with van der Waals surface area (Å²) in [6.45, 7) is 2.02. The Balaban J connectivity index is 1.96. The van der Waals surface area contributed by atoms with Crippen molar-refractivity contribution in [2.45, 2.75) is 38.1 Å². The highest BCUT2D eigenvalue weighted by Gasteiger charge is 2.37. The van der Waals surface area contributed by atoms with Crippen molar-refractivity contribution in [3.63, 3.8) is 0 Å². The van der Waals surface area contributed by atoms with Crippen molar-refractivity contribution in [1.29, 1.82) is 0 Å². The summed E-state index contributed by atoms with van der Waals surface area (Å²) in [5.74, 6) is -0.566. The van der Waals surface area contributed by atoms with Crippen LogP contribution in [0.5, 0.6) is 0 Å². The van der Waals surface area contributed by atoms with Crippen LogP contribution in [0.1, 0.15) is 32.1 Å². The monoisotopic (exact) mass is 270 g/mol. The third kappa shape index (κ3) is 3.18. The van der Waals surface area contributed by atoms with Gasteiger partial charge in [-0.1, -0.05) is 0 Å². The Hall–Kier alpha value is -1.30. The fourth-order valence-electron chi connectivity index (χ4n) is 3.09. The number of carbonyl (C=O) groups excluding carboxylic acids is 1. The summed E-state index contributed by atoms with van der Waals surface area (Å²) >= 11 is 0. The first-order chi connectivity index (χ1) is 9.13. The standard InChI is InChI=1S/C13H22N2O4/c16-8-5-10-3-1-6-14(9-10)13(19)15-7-2-4-11(15)12(17)18/h10-11,16H,1-9H2,(H,17,18).